The molecule has 2 aromatic carbocycles. The molecule has 0 aliphatic rings. The third-order valence-corrected chi connectivity index (χ3v) is 3.78. The van der Waals surface area contributed by atoms with E-state index in [1.807, 2.05) is 18.2 Å². The molecule has 2 rings (SSSR count). The molecule has 0 atom stereocenters. The molecule has 0 fully saturated rings. The molecule has 0 radical (unpaired) electrons. The van der Waals surface area contributed by atoms with Crippen LogP contribution in [0.25, 0.3) is 11.1 Å². The number of methoxy groups -OCH3 is 1. The molecule has 0 spiro atoms. The zero-order valence-electron chi connectivity index (χ0n) is 13.0. The van der Waals surface area contributed by atoms with E-state index in [-0.39, 0.29) is 0 Å². The minimum Gasteiger partial charge on any atom is -0.496 e. The topological polar surface area (TPSA) is 21.3 Å². The third-order valence-electron chi connectivity index (χ3n) is 3.41. The first-order valence-corrected chi connectivity index (χ1v) is 7.56. The average molecular weight is 304 g/mol. The maximum Gasteiger partial charge on any atom is 0.126 e. The van der Waals surface area contributed by atoms with E-state index in [0.29, 0.717) is 6.04 Å². The zero-order valence-corrected chi connectivity index (χ0v) is 13.8. The maximum absolute atomic E-state index is 6.30. The minimum absolute atomic E-state index is 0.429. The van der Waals surface area contributed by atoms with Crippen LogP contribution in [-0.4, -0.2) is 13.2 Å². The fraction of sp³-hybridized carbons (Fsp3) is 0.333. The van der Waals surface area contributed by atoms with Gasteiger partial charge >= 0.3 is 0 Å². The summed E-state index contributed by atoms with van der Waals surface area (Å²) in [6.07, 6.45) is 0. The van der Waals surface area contributed by atoms with Gasteiger partial charge in [-0.3, -0.25) is 0 Å². The van der Waals surface area contributed by atoms with Gasteiger partial charge in [0.25, 0.3) is 0 Å². The standard InChI is InChI=1S/C18H22ClNO/c1-12(2)20-11-15-10-14(6-7-17(15)19)16-9-13(3)5-8-18(16)21-4/h5-10,12,20H,11H2,1-4H3. The summed E-state index contributed by atoms with van der Waals surface area (Å²) in [6.45, 7) is 7.10. The minimum atomic E-state index is 0.429. The fourth-order valence-electron chi connectivity index (χ4n) is 2.24. The van der Waals surface area contributed by atoms with E-state index >= 15 is 0 Å². The molecule has 0 aliphatic heterocycles. The summed E-state index contributed by atoms with van der Waals surface area (Å²) in [5.74, 6) is 0.880. The summed E-state index contributed by atoms with van der Waals surface area (Å²) in [6, 6.07) is 12.8. The molecule has 0 saturated carbocycles. The van der Waals surface area contributed by atoms with Crippen molar-refractivity contribution in [3.8, 4) is 16.9 Å². The van der Waals surface area contributed by atoms with Crippen molar-refractivity contribution in [2.24, 2.45) is 0 Å². The SMILES string of the molecule is COc1ccc(C)cc1-c1ccc(Cl)c(CNC(C)C)c1. The molecule has 0 unspecified atom stereocenters. The highest BCUT2D eigenvalue weighted by atomic mass is 35.5. The van der Waals surface area contributed by atoms with Crippen molar-refractivity contribution in [1.29, 1.82) is 0 Å². The van der Waals surface area contributed by atoms with Crippen LogP contribution >= 0.6 is 11.6 Å². The van der Waals surface area contributed by atoms with Crippen LogP contribution in [0.5, 0.6) is 5.75 Å². The van der Waals surface area contributed by atoms with Gasteiger partial charge in [-0.25, -0.2) is 0 Å². The van der Waals surface area contributed by atoms with E-state index in [4.69, 9.17) is 16.3 Å². The number of hydrogen-bond donors (Lipinski definition) is 1. The van der Waals surface area contributed by atoms with Gasteiger partial charge in [0.15, 0.2) is 0 Å². The smallest absolute Gasteiger partial charge is 0.126 e. The van der Waals surface area contributed by atoms with Crippen LogP contribution in [0.15, 0.2) is 36.4 Å². The summed E-state index contributed by atoms with van der Waals surface area (Å²) in [7, 11) is 1.70. The largest absolute Gasteiger partial charge is 0.496 e. The zero-order chi connectivity index (χ0) is 15.4. The first-order valence-electron chi connectivity index (χ1n) is 7.18. The number of halogens is 1. The highest BCUT2D eigenvalue weighted by Crippen LogP contribution is 2.33. The van der Waals surface area contributed by atoms with Gasteiger partial charge < -0.3 is 10.1 Å². The van der Waals surface area contributed by atoms with E-state index in [9.17, 15) is 0 Å². The Morgan fingerprint density at radius 1 is 1.14 bits per heavy atom. The quantitative estimate of drug-likeness (QED) is 0.855. The van der Waals surface area contributed by atoms with E-state index in [2.05, 4.69) is 44.3 Å². The highest BCUT2D eigenvalue weighted by molar-refractivity contribution is 6.31. The second kappa shape index (κ2) is 6.97. The summed E-state index contributed by atoms with van der Waals surface area (Å²) < 4.78 is 5.47. The van der Waals surface area contributed by atoms with Crippen molar-refractivity contribution in [3.63, 3.8) is 0 Å². The van der Waals surface area contributed by atoms with Crippen molar-refractivity contribution in [2.75, 3.05) is 7.11 Å². The molecule has 0 aromatic heterocycles. The lowest BCUT2D eigenvalue weighted by atomic mass is 10.00. The number of nitrogens with one attached hydrogen (secondary N) is 1. The Morgan fingerprint density at radius 3 is 2.57 bits per heavy atom. The number of rotatable bonds is 5. The van der Waals surface area contributed by atoms with E-state index in [1.54, 1.807) is 7.11 Å². The predicted octanol–water partition coefficient (Wildman–Crippen LogP) is 4.82. The summed E-state index contributed by atoms with van der Waals surface area (Å²) in [4.78, 5) is 0. The lowest BCUT2D eigenvalue weighted by Crippen LogP contribution is -2.21. The monoisotopic (exact) mass is 303 g/mol. The third kappa shape index (κ3) is 3.99. The van der Waals surface area contributed by atoms with Crippen LogP contribution in [0.4, 0.5) is 0 Å². The molecule has 2 nitrogen and oxygen atoms in total. The first kappa shape index (κ1) is 15.9. The molecular weight excluding hydrogens is 282 g/mol. The molecule has 0 aliphatic carbocycles. The second-order valence-electron chi connectivity index (χ2n) is 5.55. The molecule has 2 aromatic rings. The molecule has 1 N–H and O–H groups in total. The summed E-state index contributed by atoms with van der Waals surface area (Å²) >= 11 is 6.30. The Labute approximate surface area is 132 Å². The average Bonchev–Trinajstić information content (AvgIpc) is 2.46. The van der Waals surface area contributed by atoms with Crippen LogP contribution in [0, 0.1) is 6.92 Å². The van der Waals surface area contributed by atoms with Crippen molar-refractivity contribution < 1.29 is 4.74 Å². The van der Waals surface area contributed by atoms with Gasteiger partial charge in [0.1, 0.15) is 5.75 Å². The lowest BCUT2D eigenvalue weighted by Gasteiger charge is -2.13. The van der Waals surface area contributed by atoms with Crippen molar-refractivity contribution in [3.05, 3.63) is 52.5 Å². The maximum atomic E-state index is 6.30. The van der Waals surface area contributed by atoms with Crippen molar-refractivity contribution in [2.45, 2.75) is 33.4 Å². The molecule has 3 heteroatoms. The number of hydrogen-bond acceptors (Lipinski definition) is 2. The van der Waals surface area contributed by atoms with E-state index < -0.39 is 0 Å². The number of aryl methyl sites for hydroxylation is 1. The Bertz CT molecular complexity index is 623. The van der Waals surface area contributed by atoms with Gasteiger partial charge in [-0.15, -0.1) is 0 Å². The van der Waals surface area contributed by atoms with Crippen molar-refractivity contribution >= 4 is 11.6 Å². The molecule has 0 bridgehead atoms. The number of ether oxygens (including phenoxy) is 1. The fourth-order valence-corrected chi connectivity index (χ4v) is 2.42. The normalized spacial score (nSPS) is 11.0. The molecule has 112 valence electrons. The van der Waals surface area contributed by atoms with Gasteiger partial charge in [-0.1, -0.05) is 43.1 Å². The summed E-state index contributed by atoms with van der Waals surface area (Å²) in [5, 5.41) is 4.20. The molecule has 0 amide bonds. The Morgan fingerprint density at radius 2 is 1.90 bits per heavy atom. The number of benzene rings is 2. The van der Waals surface area contributed by atoms with Crippen LogP contribution in [-0.2, 0) is 6.54 Å². The molecule has 21 heavy (non-hydrogen) atoms. The Kier molecular flexibility index (Phi) is 5.27. The molecule has 0 heterocycles. The summed E-state index contributed by atoms with van der Waals surface area (Å²) in [5.41, 5.74) is 4.54. The van der Waals surface area contributed by atoms with Crippen LogP contribution in [0.3, 0.4) is 0 Å². The van der Waals surface area contributed by atoms with Gasteiger partial charge in [-0.05, 0) is 42.3 Å². The van der Waals surface area contributed by atoms with E-state index in [1.165, 1.54) is 5.56 Å². The first-order chi connectivity index (χ1) is 10.0. The Balaban J connectivity index is 2.40. The van der Waals surface area contributed by atoms with Crippen molar-refractivity contribution in [1.82, 2.24) is 5.32 Å². The predicted molar refractivity (Wildman–Crippen MR) is 90.2 cm³/mol. The van der Waals surface area contributed by atoms with Gasteiger partial charge in [0.05, 0.1) is 7.11 Å². The van der Waals surface area contributed by atoms with Crippen LogP contribution in [0.1, 0.15) is 25.0 Å². The highest BCUT2D eigenvalue weighted by Gasteiger charge is 2.09. The van der Waals surface area contributed by atoms with Crippen LogP contribution in [0.2, 0.25) is 5.02 Å². The molecule has 0 saturated heterocycles. The van der Waals surface area contributed by atoms with Gasteiger partial charge in [0, 0.05) is 23.2 Å². The Hall–Kier alpha value is -1.51. The van der Waals surface area contributed by atoms with Gasteiger partial charge in [0.2, 0.25) is 0 Å². The second-order valence-corrected chi connectivity index (χ2v) is 5.95. The molecular formula is C18H22ClNO. The van der Waals surface area contributed by atoms with Gasteiger partial charge in [-0.2, -0.15) is 0 Å². The van der Waals surface area contributed by atoms with E-state index in [0.717, 1.165) is 34.0 Å². The van der Waals surface area contributed by atoms with Crippen LogP contribution < -0.4 is 10.1 Å². The lowest BCUT2D eigenvalue weighted by molar-refractivity contribution is 0.416.